The third kappa shape index (κ3) is 7.59. The molecule has 4 N–H and O–H groups in total. The number of amides is 2. The summed E-state index contributed by atoms with van der Waals surface area (Å²) in [5.41, 5.74) is 4.70. The molecule has 1 atom stereocenters. The van der Waals surface area contributed by atoms with Crippen molar-refractivity contribution in [2.75, 3.05) is 19.5 Å². The normalized spacial score (nSPS) is 14.7. The van der Waals surface area contributed by atoms with Gasteiger partial charge in [0.1, 0.15) is 27.2 Å². The number of benzene rings is 6. The smallest absolute Gasteiger partial charge is 0.280 e. The Kier molecular flexibility index (Phi) is 11.4. The maximum Gasteiger partial charge on any atom is 0.280 e. The summed E-state index contributed by atoms with van der Waals surface area (Å²) >= 11 is 24.9. The highest BCUT2D eigenvalue weighted by molar-refractivity contribution is 7.93. The summed E-state index contributed by atoms with van der Waals surface area (Å²) in [6, 6.07) is 18.7. The zero-order valence-electron chi connectivity index (χ0n) is 30.8. The highest BCUT2D eigenvalue weighted by Crippen LogP contribution is 2.45. The van der Waals surface area contributed by atoms with E-state index in [2.05, 4.69) is 21.5 Å². The number of rotatable bonds is 9. The first-order valence-corrected chi connectivity index (χ1v) is 22.1. The van der Waals surface area contributed by atoms with Gasteiger partial charge in [0, 0.05) is 23.5 Å². The van der Waals surface area contributed by atoms with Gasteiger partial charge in [-0.05, 0) is 83.9 Å². The molecule has 1 unspecified atom stereocenters. The second-order valence-corrected chi connectivity index (χ2v) is 18.6. The third-order valence-corrected chi connectivity index (χ3v) is 14.5. The highest BCUT2D eigenvalue weighted by atomic mass is 35.5. The van der Waals surface area contributed by atoms with Gasteiger partial charge in [0.15, 0.2) is 5.82 Å². The minimum absolute atomic E-state index is 0.00566. The van der Waals surface area contributed by atoms with Crippen LogP contribution in [-0.4, -0.2) is 28.6 Å². The van der Waals surface area contributed by atoms with Gasteiger partial charge in [0.25, 0.3) is 31.9 Å². The van der Waals surface area contributed by atoms with Crippen molar-refractivity contribution in [3.63, 3.8) is 0 Å². The molecule has 0 aromatic heterocycles. The molecule has 8 rings (SSSR count). The number of anilines is 4. The number of hydrogen-bond donors (Lipinski definition) is 4. The van der Waals surface area contributed by atoms with Crippen molar-refractivity contribution in [2.45, 2.75) is 22.4 Å². The van der Waals surface area contributed by atoms with E-state index in [0.29, 0.717) is 14.4 Å². The summed E-state index contributed by atoms with van der Waals surface area (Å²) in [5, 5.41) is 3.36. The van der Waals surface area contributed by atoms with Gasteiger partial charge in [-0.15, -0.1) is 0 Å². The van der Waals surface area contributed by atoms with Gasteiger partial charge in [0.05, 0.1) is 48.6 Å². The molecule has 2 heterocycles. The van der Waals surface area contributed by atoms with E-state index in [1.165, 1.54) is 60.7 Å². The number of hydrazine groups is 2. The van der Waals surface area contributed by atoms with Crippen molar-refractivity contribution in [2.24, 2.45) is 0 Å². The van der Waals surface area contributed by atoms with Crippen molar-refractivity contribution in [3.8, 4) is 0 Å². The van der Waals surface area contributed by atoms with Crippen LogP contribution in [0.15, 0.2) is 113 Å². The number of carbonyl (C=O) groups excluding carboxylic acids is 2. The van der Waals surface area contributed by atoms with Gasteiger partial charge in [-0.25, -0.2) is 28.4 Å². The Morgan fingerprint density at radius 3 is 1.76 bits per heavy atom. The summed E-state index contributed by atoms with van der Waals surface area (Å²) in [4.78, 5) is 24.6. The zero-order chi connectivity index (χ0) is 44.4. The van der Waals surface area contributed by atoms with Crippen LogP contribution in [0.3, 0.4) is 0 Å². The van der Waals surface area contributed by atoms with Crippen LogP contribution in [0, 0.1) is 23.3 Å². The lowest BCUT2D eigenvalue weighted by Crippen LogP contribution is -2.40. The highest BCUT2D eigenvalue weighted by Gasteiger charge is 2.41. The standard InChI is InChI=1S/C40H24Cl4F4N6O6S2/c41-25-3-1-5-28(46)34(25)39(55)50-21-9-7-19-18-49-53(30(19)16-21)62(59,60)33-14-12-24(36(44)37(33)48)38-23-11-10-22(51-40(56)35-26(42)4-2-6-29(35)47)17-31(23)54(52-38)61(57,58)32-13-8-20(45)15-27(32)43/h1-17,38,49,52H,18H2,(H,50,55)(H,51,56). The number of nitrogens with zero attached hydrogens (tertiary/aromatic N) is 2. The largest absolute Gasteiger partial charge is 0.322 e. The Balaban J connectivity index is 1.14. The van der Waals surface area contributed by atoms with Crippen LogP contribution >= 0.6 is 46.4 Å². The van der Waals surface area contributed by atoms with Crippen LogP contribution in [0.4, 0.5) is 40.3 Å². The van der Waals surface area contributed by atoms with Crippen LogP contribution in [0.1, 0.15) is 43.4 Å². The first kappa shape index (κ1) is 43.2. The van der Waals surface area contributed by atoms with Gasteiger partial charge in [-0.2, -0.15) is 25.7 Å². The van der Waals surface area contributed by atoms with Crippen LogP contribution in [0.5, 0.6) is 0 Å². The predicted molar refractivity (Wildman–Crippen MR) is 226 cm³/mol. The molecule has 0 radical (unpaired) electrons. The Labute approximate surface area is 370 Å². The topological polar surface area (TPSA) is 157 Å². The average Bonchev–Trinajstić information content (AvgIpc) is 3.81. The average molecular weight is 967 g/mol. The maximum absolute atomic E-state index is 16.5. The first-order chi connectivity index (χ1) is 29.4. The second kappa shape index (κ2) is 16.4. The van der Waals surface area contributed by atoms with E-state index in [4.69, 9.17) is 46.4 Å². The Bertz CT molecular complexity index is 3090. The van der Waals surface area contributed by atoms with Crippen molar-refractivity contribution in [3.05, 3.63) is 174 Å². The Morgan fingerprint density at radius 2 is 1.16 bits per heavy atom. The number of nitrogens with one attached hydrogen (secondary N) is 4. The molecule has 2 aliphatic rings. The van der Waals surface area contributed by atoms with Crippen LogP contribution in [0.25, 0.3) is 0 Å². The van der Waals surface area contributed by atoms with Gasteiger partial charge in [-0.3, -0.25) is 9.59 Å². The molecule has 0 spiro atoms. The van der Waals surface area contributed by atoms with Crippen molar-refractivity contribution >= 4 is 101 Å². The third-order valence-electron chi connectivity index (χ3n) is 9.74. The van der Waals surface area contributed by atoms with E-state index in [-0.39, 0.29) is 50.5 Å². The molecular weight excluding hydrogens is 942 g/mol. The zero-order valence-corrected chi connectivity index (χ0v) is 35.4. The first-order valence-electron chi connectivity index (χ1n) is 17.7. The molecular formula is C40H24Cl4F4N6O6S2. The molecule has 0 aliphatic carbocycles. The lowest BCUT2D eigenvalue weighted by atomic mass is 9.98. The van der Waals surface area contributed by atoms with E-state index in [0.717, 1.165) is 42.5 Å². The number of sulfonamides is 2. The molecule has 22 heteroatoms. The lowest BCUT2D eigenvalue weighted by molar-refractivity contribution is 0.101. The molecule has 6 aromatic carbocycles. The Morgan fingerprint density at radius 1 is 0.613 bits per heavy atom. The van der Waals surface area contributed by atoms with E-state index in [1.807, 2.05) is 0 Å². The summed E-state index contributed by atoms with van der Waals surface area (Å²) in [6.07, 6.45) is 0. The van der Waals surface area contributed by atoms with Gasteiger partial charge in [-0.1, -0.05) is 76.7 Å². The number of halogens is 8. The summed E-state index contributed by atoms with van der Waals surface area (Å²) in [6.45, 7) is -0.0315. The monoisotopic (exact) mass is 964 g/mol. The van der Waals surface area contributed by atoms with Gasteiger partial charge in [0.2, 0.25) is 0 Å². The van der Waals surface area contributed by atoms with Crippen LogP contribution in [-0.2, 0) is 26.6 Å². The minimum atomic E-state index is -4.82. The summed E-state index contributed by atoms with van der Waals surface area (Å²) in [5.74, 6) is -5.96. The fourth-order valence-corrected chi connectivity index (χ4v) is 11.0. The van der Waals surface area contributed by atoms with Crippen molar-refractivity contribution in [1.29, 1.82) is 0 Å². The molecule has 62 heavy (non-hydrogen) atoms. The predicted octanol–water partition coefficient (Wildman–Crippen LogP) is 9.38. The summed E-state index contributed by atoms with van der Waals surface area (Å²) in [7, 11) is -9.57. The molecule has 318 valence electrons. The number of hydrogen-bond acceptors (Lipinski definition) is 8. The van der Waals surface area contributed by atoms with Gasteiger partial charge >= 0.3 is 0 Å². The number of fused-ring (bicyclic) bond motifs is 2. The fraction of sp³-hybridized carbons (Fsp3) is 0.0500. The van der Waals surface area contributed by atoms with Crippen LogP contribution < -0.4 is 30.3 Å². The molecule has 6 aromatic rings. The SMILES string of the molecule is O=C(Nc1ccc2c(c1)N(S(=O)(=O)c1ccc(C3NN(S(=O)(=O)c4ccc(F)cc4Cl)c4cc(NC(=O)c5c(F)cccc5Cl)ccc43)c(Cl)c1F)NC2)c1c(F)cccc1Cl. The van der Waals surface area contributed by atoms with E-state index in [9.17, 15) is 39.6 Å². The van der Waals surface area contributed by atoms with Crippen molar-refractivity contribution in [1.82, 2.24) is 10.9 Å². The van der Waals surface area contributed by atoms with E-state index < -0.39 is 92.1 Å². The number of carbonyl (C=O) groups is 2. The Hall–Kier alpha value is -5.44. The maximum atomic E-state index is 16.5. The molecule has 0 bridgehead atoms. The second-order valence-electron chi connectivity index (χ2n) is 13.5. The van der Waals surface area contributed by atoms with E-state index >= 15 is 4.39 Å². The fourth-order valence-electron chi connectivity index (χ4n) is 6.84. The molecule has 12 nitrogen and oxygen atoms in total. The molecule has 0 saturated carbocycles. The van der Waals surface area contributed by atoms with E-state index in [1.54, 1.807) is 0 Å². The van der Waals surface area contributed by atoms with Crippen LogP contribution in [0.2, 0.25) is 20.1 Å². The molecule has 2 amide bonds. The lowest BCUT2D eigenvalue weighted by Gasteiger charge is -2.23. The molecule has 0 fully saturated rings. The molecule has 2 aliphatic heterocycles. The summed E-state index contributed by atoms with van der Waals surface area (Å²) < 4.78 is 117. The minimum Gasteiger partial charge on any atom is -0.322 e. The quantitative estimate of drug-likeness (QED) is 0.105. The van der Waals surface area contributed by atoms with Crippen molar-refractivity contribution < 1.29 is 44.0 Å². The van der Waals surface area contributed by atoms with Gasteiger partial charge < -0.3 is 10.6 Å². The molecule has 0 saturated heterocycles.